The second-order valence-corrected chi connectivity index (χ2v) is 11.5. The van der Waals surface area contributed by atoms with Crippen LogP contribution >= 0.6 is 0 Å². The van der Waals surface area contributed by atoms with E-state index in [2.05, 4.69) is 173 Å². The zero-order chi connectivity index (χ0) is 28.6. The van der Waals surface area contributed by atoms with E-state index in [-0.39, 0.29) is 12.2 Å². The molecule has 0 radical (unpaired) electrons. The molecule has 1 aromatic heterocycles. The second-order valence-electron chi connectivity index (χ2n) is 11.5. The standard InChI is InChI=1S/C40H33N3/c1-3-11-28(12-4-1)29-19-21-30(22-20-29)36-27-37(42-40(41-36)32-13-5-2-6-14-32)31-23-25-33(26-24-31)43-38-17-9-7-15-34(38)35-16-8-10-18-39(35)43/h1-11,13-28,36,40-42H,12H2. The van der Waals surface area contributed by atoms with E-state index in [1.165, 1.54) is 44.1 Å². The number of allylic oxidation sites excluding steroid dienone is 4. The van der Waals surface area contributed by atoms with Gasteiger partial charge in [-0.15, -0.1) is 0 Å². The zero-order valence-corrected chi connectivity index (χ0v) is 23.9. The maximum Gasteiger partial charge on any atom is 0.104 e. The highest BCUT2D eigenvalue weighted by atomic mass is 15.2. The summed E-state index contributed by atoms with van der Waals surface area (Å²) in [5.74, 6) is 0.455. The first-order valence-electron chi connectivity index (χ1n) is 15.1. The van der Waals surface area contributed by atoms with Crippen molar-refractivity contribution in [2.75, 3.05) is 0 Å². The lowest BCUT2D eigenvalue weighted by atomic mass is 9.90. The number of benzene rings is 5. The quantitative estimate of drug-likeness (QED) is 0.222. The molecule has 0 bridgehead atoms. The van der Waals surface area contributed by atoms with E-state index in [1.807, 2.05) is 0 Å². The van der Waals surface area contributed by atoms with Crippen LogP contribution in [-0.2, 0) is 0 Å². The van der Waals surface area contributed by atoms with Gasteiger partial charge in [-0.25, -0.2) is 0 Å². The highest BCUT2D eigenvalue weighted by Gasteiger charge is 2.24. The van der Waals surface area contributed by atoms with E-state index >= 15 is 0 Å². The van der Waals surface area contributed by atoms with E-state index in [0.717, 1.165) is 17.8 Å². The monoisotopic (exact) mass is 555 g/mol. The van der Waals surface area contributed by atoms with Crippen molar-refractivity contribution in [2.45, 2.75) is 24.5 Å². The highest BCUT2D eigenvalue weighted by molar-refractivity contribution is 6.09. The van der Waals surface area contributed by atoms with Gasteiger partial charge in [0.15, 0.2) is 0 Å². The average molecular weight is 556 g/mol. The van der Waals surface area contributed by atoms with Crippen LogP contribution in [-0.4, -0.2) is 4.57 Å². The molecule has 43 heavy (non-hydrogen) atoms. The molecular formula is C40H33N3. The van der Waals surface area contributed by atoms with Gasteiger partial charge < -0.3 is 9.88 Å². The van der Waals surface area contributed by atoms with Crippen molar-refractivity contribution < 1.29 is 0 Å². The molecular weight excluding hydrogens is 522 g/mol. The Kier molecular flexibility index (Phi) is 6.51. The maximum atomic E-state index is 3.84. The molecule has 1 aliphatic heterocycles. The van der Waals surface area contributed by atoms with Crippen LogP contribution < -0.4 is 10.6 Å². The Balaban J connectivity index is 1.15. The third-order valence-electron chi connectivity index (χ3n) is 8.83. The van der Waals surface area contributed by atoms with Crippen LogP contribution in [0.4, 0.5) is 0 Å². The molecule has 0 amide bonds. The van der Waals surface area contributed by atoms with Crippen LogP contribution in [0, 0.1) is 0 Å². The molecule has 5 aromatic carbocycles. The Morgan fingerprint density at radius 2 is 1.23 bits per heavy atom. The molecule has 0 fully saturated rings. The molecule has 3 atom stereocenters. The zero-order valence-electron chi connectivity index (χ0n) is 23.9. The largest absolute Gasteiger partial charge is 0.366 e. The fraction of sp³-hybridized carbons (Fsp3) is 0.100. The van der Waals surface area contributed by atoms with Crippen molar-refractivity contribution in [3.63, 3.8) is 0 Å². The third-order valence-corrected chi connectivity index (χ3v) is 8.83. The minimum absolute atomic E-state index is 0.00527. The van der Waals surface area contributed by atoms with E-state index in [9.17, 15) is 0 Å². The molecule has 208 valence electrons. The average Bonchev–Trinajstić information content (AvgIpc) is 3.43. The summed E-state index contributed by atoms with van der Waals surface area (Å²) in [5.41, 5.74) is 9.77. The smallest absolute Gasteiger partial charge is 0.104 e. The number of aromatic nitrogens is 1. The van der Waals surface area contributed by atoms with Crippen molar-refractivity contribution in [3.05, 3.63) is 180 Å². The van der Waals surface area contributed by atoms with Gasteiger partial charge in [0.2, 0.25) is 0 Å². The van der Waals surface area contributed by atoms with Gasteiger partial charge in [-0.05, 0) is 59.0 Å². The molecule has 8 rings (SSSR count). The molecule has 2 aliphatic rings. The van der Waals surface area contributed by atoms with Crippen LogP contribution in [0.15, 0.2) is 158 Å². The van der Waals surface area contributed by atoms with E-state index < -0.39 is 0 Å². The van der Waals surface area contributed by atoms with Crippen molar-refractivity contribution in [3.8, 4) is 5.69 Å². The van der Waals surface area contributed by atoms with Gasteiger partial charge in [0.1, 0.15) is 6.17 Å². The number of fused-ring (bicyclic) bond motifs is 3. The van der Waals surface area contributed by atoms with Crippen LogP contribution in [0.1, 0.15) is 46.8 Å². The summed E-state index contributed by atoms with van der Waals surface area (Å²) < 4.78 is 2.37. The van der Waals surface area contributed by atoms with E-state index in [4.69, 9.17) is 0 Å². The van der Waals surface area contributed by atoms with Gasteiger partial charge in [0.05, 0.1) is 17.1 Å². The molecule has 0 spiro atoms. The lowest BCUT2D eigenvalue weighted by molar-refractivity contribution is 0.442. The Hall–Kier alpha value is -5.12. The first-order chi connectivity index (χ1) is 21.3. The Morgan fingerprint density at radius 3 is 1.91 bits per heavy atom. The highest BCUT2D eigenvalue weighted by Crippen LogP contribution is 2.34. The Bertz CT molecular complexity index is 1940. The Labute approximate surface area is 252 Å². The Morgan fingerprint density at radius 1 is 0.581 bits per heavy atom. The van der Waals surface area contributed by atoms with Gasteiger partial charge in [0, 0.05) is 28.1 Å². The fourth-order valence-electron chi connectivity index (χ4n) is 6.61. The molecule has 0 saturated heterocycles. The molecule has 3 nitrogen and oxygen atoms in total. The predicted molar refractivity (Wildman–Crippen MR) is 179 cm³/mol. The van der Waals surface area contributed by atoms with Crippen LogP contribution in [0.5, 0.6) is 0 Å². The number of nitrogens with one attached hydrogen (secondary N) is 2. The van der Waals surface area contributed by atoms with Crippen molar-refractivity contribution in [1.82, 2.24) is 15.2 Å². The predicted octanol–water partition coefficient (Wildman–Crippen LogP) is 9.36. The summed E-state index contributed by atoms with van der Waals surface area (Å²) >= 11 is 0. The summed E-state index contributed by atoms with van der Waals surface area (Å²) in [6.45, 7) is 0. The van der Waals surface area contributed by atoms with Gasteiger partial charge in [-0.1, -0.05) is 127 Å². The maximum absolute atomic E-state index is 3.84. The summed E-state index contributed by atoms with van der Waals surface area (Å²) in [5, 5.41) is 10.2. The first kappa shape index (κ1) is 25.6. The second kappa shape index (κ2) is 10.9. The number of para-hydroxylation sites is 2. The van der Waals surface area contributed by atoms with Crippen molar-refractivity contribution in [2.24, 2.45) is 0 Å². The fourth-order valence-corrected chi connectivity index (χ4v) is 6.61. The molecule has 0 saturated carbocycles. The van der Waals surface area contributed by atoms with E-state index in [0.29, 0.717) is 5.92 Å². The molecule has 1 aliphatic carbocycles. The number of hydrogen-bond acceptors (Lipinski definition) is 2. The molecule has 2 heterocycles. The minimum Gasteiger partial charge on any atom is -0.366 e. The number of hydrogen-bond donors (Lipinski definition) is 2. The van der Waals surface area contributed by atoms with Crippen molar-refractivity contribution >= 4 is 27.5 Å². The van der Waals surface area contributed by atoms with E-state index in [1.54, 1.807) is 0 Å². The third kappa shape index (κ3) is 4.78. The van der Waals surface area contributed by atoms with Gasteiger partial charge in [0.25, 0.3) is 0 Å². The normalized spacial score (nSPS) is 19.8. The number of nitrogens with zero attached hydrogens (tertiary/aromatic N) is 1. The summed E-state index contributed by atoms with van der Waals surface area (Å²) in [6, 6.07) is 46.2. The van der Waals surface area contributed by atoms with Crippen LogP contribution in [0.3, 0.4) is 0 Å². The lowest BCUT2D eigenvalue weighted by Gasteiger charge is -2.33. The molecule has 6 aromatic rings. The summed E-state index contributed by atoms with van der Waals surface area (Å²) in [6.07, 6.45) is 12.2. The molecule has 3 unspecified atom stereocenters. The topological polar surface area (TPSA) is 29.0 Å². The van der Waals surface area contributed by atoms with Gasteiger partial charge in [-0.3, -0.25) is 5.32 Å². The van der Waals surface area contributed by atoms with Crippen molar-refractivity contribution in [1.29, 1.82) is 0 Å². The van der Waals surface area contributed by atoms with Crippen LogP contribution in [0.25, 0.3) is 33.2 Å². The summed E-state index contributed by atoms with van der Waals surface area (Å²) in [7, 11) is 0. The minimum atomic E-state index is -0.00527. The van der Waals surface area contributed by atoms with Gasteiger partial charge >= 0.3 is 0 Å². The molecule has 3 heteroatoms. The molecule has 2 N–H and O–H groups in total. The van der Waals surface area contributed by atoms with Gasteiger partial charge in [-0.2, -0.15) is 0 Å². The lowest BCUT2D eigenvalue weighted by Crippen LogP contribution is -2.39. The number of rotatable bonds is 5. The van der Waals surface area contributed by atoms with Crippen LogP contribution in [0.2, 0.25) is 0 Å². The SMILES string of the molecule is C1=CCC(c2ccc(C3C=C(c4ccc(-n5c6ccccc6c6ccccc65)cc4)NC(c4ccccc4)N3)cc2)C=C1. The summed E-state index contributed by atoms with van der Waals surface area (Å²) in [4.78, 5) is 0. The first-order valence-corrected chi connectivity index (χ1v) is 15.1.